The predicted molar refractivity (Wildman–Crippen MR) is 66.5 cm³/mol. The lowest BCUT2D eigenvalue weighted by atomic mass is 10.4. The predicted octanol–water partition coefficient (Wildman–Crippen LogP) is 2.36. The summed E-state index contributed by atoms with van der Waals surface area (Å²) in [7, 11) is 1.95. The summed E-state index contributed by atoms with van der Waals surface area (Å²) in [6, 6.07) is 0. The van der Waals surface area contributed by atoms with Crippen LogP contribution in [0.1, 0.15) is 21.1 Å². The summed E-state index contributed by atoms with van der Waals surface area (Å²) in [5.41, 5.74) is 3.63. The van der Waals surface area contributed by atoms with Crippen LogP contribution < -0.4 is 4.90 Å². The molecule has 4 nitrogen and oxygen atoms in total. The van der Waals surface area contributed by atoms with Crippen LogP contribution in [0.3, 0.4) is 0 Å². The molecule has 0 fully saturated rings. The first kappa shape index (κ1) is 11.2. The van der Waals surface area contributed by atoms with Crippen molar-refractivity contribution in [2.45, 2.75) is 13.5 Å². The van der Waals surface area contributed by atoms with Crippen molar-refractivity contribution in [3.05, 3.63) is 27.2 Å². The van der Waals surface area contributed by atoms with Crippen molar-refractivity contribution in [2.75, 3.05) is 11.9 Å². The molecule has 0 saturated carbocycles. The van der Waals surface area contributed by atoms with Gasteiger partial charge in [0.15, 0.2) is 11.4 Å². The fourth-order valence-corrected chi connectivity index (χ4v) is 2.68. The molecule has 2 aromatic heterocycles. The number of hydrogen-bond acceptors (Lipinski definition) is 6. The van der Waals surface area contributed by atoms with Gasteiger partial charge in [-0.1, -0.05) is 11.3 Å². The Morgan fingerprint density at radius 3 is 2.94 bits per heavy atom. The number of aryl methyl sites for hydroxylation is 1. The Kier molecular flexibility index (Phi) is 3.31. The Hall–Kier alpha value is -1.27. The van der Waals surface area contributed by atoms with E-state index in [1.54, 1.807) is 11.3 Å². The molecule has 2 aromatic rings. The summed E-state index contributed by atoms with van der Waals surface area (Å²) in [6.45, 7) is 2.56. The summed E-state index contributed by atoms with van der Waals surface area (Å²) in [5.74, 6) is 0. The van der Waals surface area contributed by atoms with Crippen LogP contribution >= 0.6 is 22.7 Å². The highest BCUT2D eigenvalue weighted by Crippen LogP contribution is 2.24. The van der Waals surface area contributed by atoms with Crippen molar-refractivity contribution in [2.24, 2.45) is 0 Å². The van der Waals surface area contributed by atoms with Crippen molar-refractivity contribution in [1.29, 1.82) is 0 Å². The Bertz CT molecular complexity index is 478. The maximum atomic E-state index is 10.7. The number of rotatable bonds is 4. The second kappa shape index (κ2) is 4.71. The van der Waals surface area contributed by atoms with E-state index in [9.17, 15) is 4.79 Å². The molecule has 0 spiro atoms. The summed E-state index contributed by atoms with van der Waals surface area (Å²) >= 11 is 2.99. The molecule has 0 aliphatic rings. The quantitative estimate of drug-likeness (QED) is 0.785. The Morgan fingerprint density at radius 2 is 2.38 bits per heavy atom. The highest BCUT2D eigenvalue weighted by molar-refractivity contribution is 7.17. The van der Waals surface area contributed by atoms with Crippen molar-refractivity contribution in [3.63, 3.8) is 0 Å². The van der Waals surface area contributed by atoms with Crippen LogP contribution in [-0.4, -0.2) is 23.3 Å². The van der Waals surface area contributed by atoms with E-state index < -0.39 is 0 Å². The summed E-state index contributed by atoms with van der Waals surface area (Å²) in [4.78, 5) is 22.0. The van der Waals surface area contributed by atoms with Gasteiger partial charge < -0.3 is 4.90 Å². The zero-order chi connectivity index (χ0) is 11.5. The average Bonchev–Trinajstić information content (AvgIpc) is 2.87. The third-order valence-electron chi connectivity index (χ3n) is 2.14. The van der Waals surface area contributed by atoms with Gasteiger partial charge in [0, 0.05) is 12.4 Å². The molecule has 0 aliphatic carbocycles. The van der Waals surface area contributed by atoms with Gasteiger partial charge in [-0.25, -0.2) is 9.97 Å². The third-order valence-corrected chi connectivity index (χ3v) is 3.97. The van der Waals surface area contributed by atoms with Gasteiger partial charge in [-0.15, -0.1) is 11.3 Å². The normalized spacial score (nSPS) is 10.4. The van der Waals surface area contributed by atoms with Gasteiger partial charge in [0.25, 0.3) is 0 Å². The zero-order valence-corrected chi connectivity index (χ0v) is 10.6. The van der Waals surface area contributed by atoms with Crippen LogP contribution in [0, 0.1) is 6.92 Å². The van der Waals surface area contributed by atoms with Crippen molar-refractivity contribution >= 4 is 34.1 Å². The number of aldehydes is 1. The van der Waals surface area contributed by atoms with Crippen LogP contribution in [0.5, 0.6) is 0 Å². The zero-order valence-electron chi connectivity index (χ0n) is 9.01. The molecule has 84 valence electrons. The minimum atomic E-state index is 0.695. The van der Waals surface area contributed by atoms with Crippen LogP contribution in [0.25, 0.3) is 0 Å². The molecule has 0 aromatic carbocycles. The monoisotopic (exact) mass is 253 g/mol. The standard InChI is InChI=1S/C10H11N3OS2/c1-7-9(4-14)16-10(12-7)13(2)3-8-5-15-6-11-8/h4-6H,3H2,1-2H3. The van der Waals surface area contributed by atoms with Gasteiger partial charge in [0.05, 0.1) is 28.3 Å². The number of nitrogens with zero attached hydrogens (tertiary/aromatic N) is 3. The third kappa shape index (κ3) is 2.28. The van der Waals surface area contributed by atoms with Crippen LogP contribution in [-0.2, 0) is 6.54 Å². The first-order chi connectivity index (χ1) is 7.70. The Labute approximate surface area is 102 Å². The van der Waals surface area contributed by atoms with Crippen LogP contribution in [0.15, 0.2) is 10.9 Å². The topological polar surface area (TPSA) is 46.1 Å². The molecular formula is C10H11N3OS2. The maximum absolute atomic E-state index is 10.7. The Balaban J connectivity index is 2.14. The summed E-state index contributed by atoms with van der Waals surface area (Å²) in [5, 5.41) is 2.87. The van der Waals surface area contributed by atoms with E-state index in [0.29, 0.717) is 4.88 Å². The molecule has 2 rings (SSSR count). The molecule has 0 saturated heterocycles. The fourth-order valence-electron chi connectivity index (χ4n) is 1.29. The molecule has 0 radical (unpaired) electrons. The van der Waals surface area contributed by atoms with Crippen molar-refractivity contribution < 1.29 is 4.79 Å². The molecule has 2 heterocycles. The van der Waals surface area contributed by atoms with Gasteiger partial charge in [0.1, 0.15) is 0 Å². The maximum Gasteiger partial charge on any atom is 0.186 e. The van der Waals surface area contributed by atoms with Gasteiger partial charge in [-0.05, 0) is 6.92 Å². The number of aromatic nitrogens is 2. The minimum absolute atomic E-state index is 0.695. The summed E-state index contributed by atoms with van der Waals surface area (Å²) in [6.07, 6.45) is 0.854. The summed E-state index contributed by atoms with van der Waals surface area (Å²) < 4.78 is 0. The van der Waals surface area contributed by atoms with Gasteiger partial charge >= 0.3 is 0 Å². The van der Waals surface area contributed by atoms with Gasteiger partial charge in [0.2, 0.25) is 0 Å². The van der Waals surface area contributed by atoms with E-state index in [1.165, 1.54) is 11.3 Å². The molecule has 0 bridgehead atoms. The molecule has 0 N–H and O–H groups in total. The fraction of sp³-hybridized carbons (Fsp3) is 0.300. The van der Waals surface area contributed by atoms with E-state index in [2.05, 4.69) is 9.97 Å². The number of carbonyl (C=O) groups excluding carboxylic acids is 1. The lowest BCUT2D eigenvalue weighted by Gasteiger charge is -2.13. The first-order valence-electron chi connectivity index (χ1n) is 4.71. The van der Waals surface area contributed by atoms with Crippen LogP contribution in [0.4, 0.5) is 5.13 Å². The molecule has 0 atom stereocenters. The number of hydrogen-bond donors (Lipinski definition) is 0. The molecule has 6 heteroatoms. The number of anilines is 1. The SMILES string of the molecule is Cc1nc(N(C)Cc2cscn2)sc1C=O. The highest BCUT2D eigenvalue weighted by Gasteiger charge is 2.11. The van der Waals surface area contributed by atoms with E-state index in [-0.39, 0.29) is 0 Å². The van der Waals surface area contributed by atoms with E-state index in [4.69, 9.17) is 0 Å². The van der Waals surface area contributed by atoms with Crippen LogP contribution in [0.2, 0.25) is 0 Å². The first-order valence-corrected chi connectivity index (χ1v) is 6.47. The molecular weight excluding hydrogens is 242 g/mol. The van der Waals surface area contributed by atoms with Gasteiger partial charge in [-0.2, -0.15) is 0 Å². The average molecular weight is 253 g/mol. The molecule has 0 amide bonds. The van der Waals surface area contributed by atoms with Gasteiger partial charge in [-0.3, -0.25) is 4.79 Å². The van der Waals surface area contributed by atoms with E-state index in [1.807, 2.05) is 29.8 Å². The minimum Gasteiger partial charge on any atom is -0.345 e. The second-order valence-corrected chi connectivity index (χ2v) is 5.13. The highest BCUT2D eigenvalue weighted by atomic mass is 32.1. The molecule has 16 heavy (non-hydrogen) atoms. The lowest BCUT2D eigenvalue weighted by Crippen LogP contribution is -2.16. The smallest absolute Gasteiger partial charge is 0.186 e. The van der Waals surface area contributed by atoms with E-state index in [0.717, 1.165) is 29.4 Å². The second-order valence-electron chi connectivity index (χ2n) is 3.40. The number of thiazole rings is 2. The Morgan fingerprint density at radius 1 is 1.56 bits per heavy atom. The van der Waals surface area contributed by atoms with Crippen molar-refractivity contribution in [3.8, 4) is 0 Å². The van der Waals surface area contributed by atoms with E-state index >= 15 is 0 Å². The molecule has 0 unspecified atom stereocenters. The number of carbonyl (C=O) groups is 1. The molecule has 0 aliphatic heterocycles. The lowest BCUT2D eigenvalue weighted by molar-refractivity contribution is 0.112. The van der Waals surface area contributed by atoms with Crippen molar-refractivity contribution in [1.82, 2.24) is 9.97 Å². The largest absolute Gasteiger partial charge is 0.345 e.